The third-order valence-electron chi connectivity index (χ3n) is 5.71. The lowest BCUT2D eigenvalue weighted by molar-refractivity contribution is 0.590. The van der Waals surface area contributed by atoms with E-state index in [1.54, 1.807) is 0 Å². The molecule has 1 heterocycles. The van der Waals surface area contributed by atoms with Gasteiger partial charge < -0.3 is 0 Å². The van der Waals surface area contributed by atoms with E-state index in [2.05, 4.69) is 99.6 Å². The Balaban J connectivity index is 1.51. The van der Waals surface area contributed by atoms with Crippen molar-refractivity contribution in [2.24, 2.45) is 0 Å². The lowest BCUT2D eigenvalue weighted by Gasteiger charge is -2.19. The molecular formula is C27H24S. The summed E-state index contributed by atoms with van der Waals surface area (Å²) in [5.41, 5.74) is 8.51. The zero-order chi connectivity index (χ0) is 19.3. The molecule has 1 heteroatoms. The Morgan fingerprint density at radius 1 is 0.821 bits per heavy atom. The molecule has 0 saturated heterocycles. The summed E-state index contributed by atoms with van der Waals surface area (Å²) in [6, 6.07) is 26.9. The number of fused-ring (bicyclic) bond motifs is 2. The van der Waals surface area contributed by atoms with Crippen LogP contribution < -0.4 is 0 Å². The van der Waals surface area contributed by atoms with Crippen molar-refractivity contribution in [3.63, 3.8) is 0 Å². The van der Waals surface area contributed by atoms with Gasteiger partial charge in [-0.2, -0.15) is 0 Å². The van der Waals surface area contributed by atoms with Crippen LogP contribution in [0.2, 0.25) is 0 Å². The molecule has 5 rings (SSSR count). The summed E-state index contributed by atoms with van der Waals surface area (Å²) in [7, 11) is 0. The van der Waals surface area contributed by atoms with E-state index in [0.29, 0.717) is 0 Å². The second-order valence-electron chi connectivity index (χ2n) is 8.70. The van der Waals surface area contributed by atoms with Gasteiger partial charge in [0.1, 0.15) is 0 Å². The van der Waals surface area contributed by atoms with Crippen LogP contribution in [0.4, 0.5) is 0 Å². The molecule has 0 unspecified atom stereocenters. The standard InChI is InChI=1S/C27H24S/c1-27(2,3)22-13-11-18(12-14-22)23-9-6-8-19-15-21(16-24(19)23)26-17-20-7-4-5-10-25(20)28-26/h4-15,17H,16H2,1-3H3. The van der Waals surface area contributed by atoms with E-state index in [4.69, 9.17) is 0 Å². The average molecular weight is 381 g/mol. The summed E-state index contributed by atoms with van der Waals surface area (Å²) in [4.78, 5) is 1.39. The van der Waals surface area contributed by atoms with Gasteiger partial charge in [-0.05, 0) is 62.4 Å². The Hall–Kier alpha value is -2.64. The molecular weight excluding hydrogens is 356 g/mol. The second kappa shape index (κ2) is 6.46. The normalized spacial score (nSPS) is 13.6. The summed E-state index contributed by atoms with van der Waals surface area (Å²) in [6.07, 6.45) is 3.40. The molecule has 0 fully saturated rings. The molecule has 0 bridgehead atoms. The van der Waals surface area contributed by atoms with Crippen LogP contribution >= 0.6 is 11.3 Å². The molecule has 4 aromatic rings. The van der Waals surface area contributed by atoms with Gasteiger partial charge in [-0.25, -0.2) is 0 Å². The van der Waals surface area contributed by atoms with Gasteiger partial charge in [0.2, 0.25) is 0 Å². The van der Waals surface area contributed by atoms with E-state index >= 15 is 0 Å². The highest BCUT2D eigenvalue weighted by Gasteiger charge is 2.20. The highest BCUT2D eigenvalue weighted by atomic mass is 32.1. The summed E-state index contributed by atoms with van der Waals surface area (Å²) >= 11 is 1.90. The molecule has 0 atom stereocenters. The molecule has 28 heavy (non-hydrogen) atoms. The molecule has 0 N–H and O–H groups in total. The maximum atomic E-state index is 2.38. The summed E-state index contributed by atoms with van der Waals surface area (Å²) in [6.45, 7) is 6.80. The average Bonchev–Trinajstić information content (AvgIpc) is 3.31. The SMILES string of the molecule is CC(C)(C)c1ccc(-c2cccc3c2CC(c2cc4ccccc4s2)=C3)cc1. The van der Waals surface area contributed by atoms with Crippen molar-refractivity contribution >= 4 is 33.1 Å². The van der Waals surface area contributed by atoms with Crippen molar-refractivity contribution in [2.75, 3.05) is 0 Å². The molecule has 0 spiro atoms. The van der Waals surface area contributed by atoms with E-state index in [1.165, 1.54) is 48.4 Å². The maximum Gasteiger partial charge on any atom is 0.0349 e. The first-order valence-corrected chi connectivity index (χ1v) is 10.7. The minimum atomic E-state index is 0.188. The lowest BCUT2D eigenvalue weighted by atomic mass is 9.85. The third-order valence-corrected chi connectivity index (χ3v) is 6.90. The summed E-state index contributed by atoms with van der Waals surface area (Å²) < 4.78 is 1.37. The molecule has 0 nitrogen and oxygen atoms in total. The highest BCUT2D eigenvalue weighted by molar-refractivity contribution is 7.20. The van der Waals surface area contributed by atoms with Gasteiger partial charge in [0.25, 0.3) is 0 Å². The molecule has 0 radical (unpaired) electrons. The monoisotopic (exact) mass is 380 g/mol. The largest absolute Gasteiger partial charge is 0.136 e. The zero-order valence-electron chi connectivity index (χ0n) is 16.6. The number of rotatable bonds is 2. The third kappa shape index (κ3) is 3.00. The number of hydrogen-bond donors (Lipinski definition) is 0. The lowest BCUT2D eigenvalue weighted by Crippen LogP contribution is -2.10. The highest BCUT2D eigenvalue weighted by Crippen LogP contribution is 2.41. The number of allylic oxidation sites excluding steroid dienone is 1. The van der Waals surface area contributed by atoms with Crippen LogP contribution in [-0.2, 0) is 11.8 Å². The van der Waals surface area contributed by atoms with E-state index < -0.39 is 0 Å². The van der Waals surface area contributed by atoms with Crippen LogP contribution in [0.25, 0.3) is 32.9 Å². The van der Waals surface area contributed by atoms with E-state index in [9.17, 15) is 0 Å². The van der Waals surface area contributed by atoms with Gasteiger partial charge in [-0.15, -0.1) is 11.3 Å². The van der Waals surface area contributed by atoms with Crippen molar-refractivity contribution in [3.8, 4) is 11.1 Å². The summed E-state index contributed by atoms with van der Waals surface area (Å²) in [5.74, 6) is 0. The first-order valence-electron chi connectivity index (χ1n) is 9.91. The zero-order valence-corrected chi connectivity index (χ0v) is 17.4. The Kier molecular flexibility index (Phi) is 4.03. The molecule has 1 aliphatic carbocycles. The van der Waals surface area contributed by atoms with Crippen molar-refractivity contribution in [3.05, 3.63) is 94.4 Å². The molecule has 138 valence electrons. The topological polar surface area (TPSA) is 0 Å². The van der Waals surface area contributed by atoms with Crippen LogP contribution in [0.15, 0.2) is 72.8 Å². The van der Waals surface area contributed by atoms with Crippen molar-refractivity contribution in [1.29, 1.82) is 0 Å². The van der Waals surface area contributed by atoms with Crippen LogP contribution in [0.3, 0.4) is 0 Å². The quantitative estimate of drug-likeness (QED) is 0.331. The molecule has 3 aromatic carbocycles. The van der Waals surface area contributed by atoms with Crippen LogP contribution in [0.5, 0.6) is 0 Å². The molecule has 1 aliphatic rings. The van der Waals surface area contributed by atoms with Gasteiger partial charge >= 0.3 is 0 Å². The predicted molar refractivity (Wildman–Crippen MR) is 124 cm³/mol. The Morgan fingerprint density at radius 2 is 1.61 bits per heavy atom. The van der Waals surface area contributed by atoms with Gasteiger partial charge in [-0.1, -0.05) is 81.4 Å². The van der Waals surface area contributed by atoms with Crippen molar-refractivity contribution in [1.82, 2.24) is 0 Å². The van der Waals surface area contributed by atoms with Gasteiger partial charge in [0.15, 0.2) is 0 Å². The van der Waals surface area contributed by atoms with E-state index in [0.717, 1.165) is 6.42 Å². The fourth-order valence-electron chi connectivity index (χ4n) is 4.09. The van der Waals surface area contributed by atoms with E-state index in [1.807, 2.05) is 11.3 Å². The maximum absolute atomic E-state index is 2.38. The Morgan fingerprint density at radius 3 is 2.36 bits per heavy atom. The summed E-state index contributed by atoms with van der Waals surface area (Å²) in [5, 5.41) is 1.34. The molecule has 0 aliphatic heterocycles. The van der Waals surface area contributed by atoms with Crippen LogP contribution in [0, 0.1) is 0 Å². The predicted octanol–water partition coefficient (Wildman–Crippen LogP) is 7.96. The van der Waals surface area contributed by atoms with Crippen molar-refractivity contribution in [2.45, 2.75) is 32.6 Å². The first kappa shape index (κ1) is 17.5. The minimum absolute atomic E-state index is 0.188. The van der Waals surface area contributed by atoms with E-state index in [-0.39, 0.29) is 5.41 Å². The fraction of sp³-hybridized carbons (Fsp3) is 0.185. The number of benzene rings is 3. The Bertz CT molecular complexity index is 1160. The van der Waals surface area contributed by atoms with Crippen molar-refractivity contribution < 1.29 is 0 Å². The fourth-order valence-corrected chi connectivity index (χ4v) is 5.16. The molecule has 0 saturated carbocycles. The molecule has 1 aromatic heterocycles. The number of thiophene rings is 1. The van der Waals surface area contributed by atoms with Crippen LogP contribution in [0.1, 0.15) is 42.3 Å². The van der Waals surface area contributed by atoms with Crippen LogP contribution in [-0.4, -0.2) is 0 Å². The minimum Gasteiger partial charge on any atom is -0.136 e. The first-order chi connectivity index (χ1) is 13.5. The van der Waals surface area contributed by atoms with Gasteiger partial charge in [0.05, 0.1) is 0 Å². The smallest absolute Gasteiger partial charge is 0.0349 e. The van der Waals surface area contributed by atoms with Gasteiger partial charge in [0, 0.05) is 16.0 Å². The van der Waals surface area contributed by atoms with Gasteiger partial charge in [-0.3, -0.25) is 0 Å². The molecule has 0 amide bonds. The second-order valence-corrected chi connectivity index (χ2v) is 9.78. The Labute approximate surface area is 171 Å². The number of hydrogen-bond acceptors (Lipinski definition) is 1.